The second-order valence-corrected chi connectivity index (χ2v) is 8.43. The largest absolute Gasteiger partial charge is 0.508 e. The second-order valence-electron chi connectivity index (χ2n) is 8.43. The van der Waals surface area contributed by atoms with Crippen molar-refractivity contribution in [3.8, 4) is 11.5 Å². The van der Waals surface area contributed by atoms with Gasteiger partial charge in [-0.15, -0.1) is 0 Å². The normalized spacial score (nSPS) is 21.5. The molecule has 0 radical (unpaired) electrons. The summed E-state index contributed by atoms with van der Waals surface area (Å²) >= 11 is 0. The molecule has 31 heavy (non-hydrogen) atoms. The SMILES string of the molecule is C[C@H]1CCC[C@@H]([NH2+]CCc2ccccc2)CCC/C=C/c2cc(O)cc(O)c2C(=O)O1. The summed E-state index contributed by atoms with van der Waals surface area (Å²) in [5.41, 5.74) is 1.97. The Morgan fingerprint density at radius 2 is 1.84 bits per heavy atom. The molecule has 3 rings (SSSR count). The van der Waals surface area contributed by atoms with Crippen LogP contribution >= 0.6 is 0 Å². The highest BCUT2D eigenvalue weighted by molar-refractivity contribution is 5.97. The summed E-state index contributed by atoms with van der Waals surface area (Å²) in [5, 5.41) is 22.5. The fourth-order valence-corrected chi connectivity index (χ4v) is 4.17. The molecule has 1 aliphatic heterocycles. The average Bonchev–Trinajstić information content (AvgIpc) is 2.72. The van der Waals surface area contributed by atoms with E-state index in [9.17, 15) is 15.0 Å². The van der Waals surface area contributed by atoms with Crippen molar-refractivity contribution in [2.45, 2.75) is 64.0 Å². The maximum absolute atomic E-state index is 12.7. The van der Waals surface area contributed by atoms with Crippen molar-refractivity contribution in [2.75, 3.05) is 6.54 Å². The minimum atomic E-state index is -0.548. The summed E-state index contributed by atoms with van der Waals surface area (Å²) in [7, 11) is 0. The molecule has 0 saturated heterocycles. The van der Waals surface area contributed by atoms with E-state index in [4.69, 9.17) is 4.74 Å². The van der Waals surface area contributed by atoms with Crippen molar-refractivity contribution in [2.24, 2.45) is 0 Å². The quantitative estimate of drug-likeness (QED) is 0.643. The van der Waals surface area contributed by atoms with Crippen molar-refractivity contribution in [3.05, 3.63) is 65.2 Å². The van der Waals surface area contributed by atoms with E-state index < -0.39 is 5.97 Å². The number of carbonyl (C=O) groups excluding carboxylic acids is 1. The third-order valence-electron chi connectivity index (χ3n) is 5.85. The molecule has 4 N–H and O–H groups in total. The molecule has 0 aliphatic carbocycles. The second kappa shape index (κ2) is 11.6. The van der Waals surface area contributed by atoms with Gasteiger partial charge in [0.2, 0.25) is 0 Å². The van der Waals surface area contributed by atoms with Crippen LogP contribution in [0.15, 0.2) is 48.5 Å². The number of aromatic hydroxyl groups is 2. The van der Waals surface area contributed by atoms with Gasteiger partial charge in [-0.25, -0.2) is 4.79 Å². The van der Waals surface area contributed by atoms with Crippen molar-refractivity contribution < 1.29 is 25.1 Å². The number of quaternary nitrogens is 1. The molecule has 0 aromatic heterocycles. The third-order valence-corrected chi connectivity index (χ3v) is 5.85. The Kier molecular flexibility index (Phi) is 8.53. The molecule has 0 saturated carbocycles. The fourth-order valence-electron chi connectivity index (χ4n) is 4.17. The number of hydrogen-bond acceptors (Lipinski definition) is 4. The predicted molar refractivity (Wildman–Crippen MR) is 122 cm³/mol. The number of cyclic esters (lactones) is 1. The van der Waals surface area contributed by atoms with E-state index in [1.165, 1.54) is 17.7 Å². The first-order chi connectivity index (χ1) is 15.0. The molecular weight excluding hydrogens is 390 g/mol. The number of hydrogen-bond donors (Lipinski definition) is 3. The summed E-state index contributed by atoms with van der Waals surface area (Å²) in [6.45, 7) is 2.96. The molecule has 0 spiro atoms. The summed E-state index contributed by atoms with van der Waals surface area (Å²) in [6.07, 6.45) is 10.6. The highest BCUT2D eigenvalue weighted by atomic mass is 16.5. The first-order valence-corrected chi connectivity index (χ1v) is 11.3. The molecule has 0 fully saturated rings. The van der Waals surface area contributed by atoms with Crippen LogP contribution in [0.25, 0.3) is 6.08 Å². The Hall–Kier alpha value is -2.79. The molecule has 0 bridgehead atoms. The van der Waals surface area contributed by atoms with Crippen LogP contribution in [0.2, 0.25) is 0 Å². The van der Waals surface area contributed by atoms with Crippen molar-refractivity contribution >= 4 is 12.0 Å². The summed E-state index contributed by atoms with van der Waals surface area (Å²) in [6, 6.07) is 13.8. The van der Waals surface area contributed by atoms with E-state index in [-0.39, 0.29) is 23.2 Å². The van der Waals surface area contributed by atoms with E-state index in [1.807, 2.05) is 19.1 Å². The number of phenolic OH excluding ortho intramolecular Hbond substituents is 2. The van der Waals surface area contributed by atoms with Crippen LogP contribution in [0.5, 0.6) is 11.5 Å². The van der Waals surface area contributed by atoms with E-state index >= 15 is 0 Å². The number of allylic oxidation sites excluding steroid dienone is 1. The zero-order chi connectivity index (χ0) is 22.1. The van der Waals surface area contributed by atoms with Gasteiger partial charge in [0.15, 0.2) is 0 Å². The van der Waals surface area contributed by atoms with Gasteiger partial charge in [-0.2, -0.15) is 0 Å². The van der Waals surface area contributed by atoms with Gasteiger partial charge in [0.25, 0.3) is 0 Å². The van der Waals surface area contributed by atoms with E-state index in [0.29, 0.717) is 11.6 Å². The van der Waals surface area contributed by atoms with Gasteiger partial charge in [-0.1, -0.05) is 42.5 Å². The number of fused-ring (bicyclic) bond motifs is 1. The van der Waals surface area contributed by atoms with Crippen LogP contribution in [-0.2, 0) is 11.2 Å². The monoisotopic (exact) mass is 424 g/mol. The molecule has 5 heteroatoms. The standard InChI is InChI=1S/C26H33NO4/c1-19-9-8-14-22(27-16-15-20-10-4-2-5-11-20)13-7-3-6-12-21-17-23(28)18-24(29)25(21)26(30)31-19/h2,4-6,10-12,17-19,22,27-29H,3,7-9,13-16H2,1H3/p+1/b12-6+/t19-,22-/m0/s1. The molecule has 1 heterocycles. The zero-order valence-electron chi connectivity index (χ0n) is 18.3. The lowest BCUT2D eigenvalue weighted by Gasteiger charge is -2.19. The van der Waals surface area contributed by atoms with E-state index in [1.54, 1.807) is 6.08 Å². The number of rotatable bonds is 4. The summed E-state index contributed by atoms with van der Waals surface area (Å²) in [5.74, 6) is -0.874. The Bertz CT molecular complexity index is 878. The van der Waals surface area contributed by atoms with Crippen LogP contribution in [0.3, 0.4) is 0 Å². The molecule has 2 aromatic rings. The first-order valence-electron chi connectivity index (χ1n) is 11.3. The lowest BCUT2D eigenvalue weighted by Crippen LogP contribution is -2.90. The van der Waals surface area contributed by atoms with Crippen LogP contribution in [0.4, 0.5) is 0 Å². The van der Waals surface area contributed by atoms with Gasteiger partial charge in [0, 0.05) is 12.5 Å². The molecule has 0 unspecified atom stereocenters. The highest BCUT2D eigenvalue weighted by Crippen LogP contribution is 2.30. The van der Waals surface area contributed by atoms with E-state index in [0.717, 1.165) is 51.5 Å². The Morgan fingerprint density at radius 1 is 1.06 bits per heavy atom. The number of nitrogens with two attached hydrogens (primary N) is 1. The maximum Gasteiger partial charge on any atom is 0.342 e. The number of ether oxygens (including phenoxy) is 1. The zero-order valence-corrected chi connectivity index (χ0v) is 18.3. The van der Waals surface area contributed by atoms with Crippen molar-refractivity contribution in [3.63, 3.8) is 0 Å². The van der Waals surface area contributed by atoms with Crippen LogP contribution in [-0.4, -0.2) is 34.9 Å². The highest BCUT2D eigenvalue weighted by Gasteiger charge is 2.21. The van der Waals surface area contributed by atoms with Crippen LogP contribution < -0.4 is 5.32 Å². The smallest absolute Gasteiger partial charge is 0.342 e. The minimum Gasteiger partial charge on any atom is -0.508 e. The average molecular weight is 425 g/mol. The van der Waals surface area contributed by atoms with Crippen molar-refractivity contribution in [1.29, 1.82) is 0 Å². The summed E-state index contributed by atoms with van der Waals surface area (Å²) < 4.78 is 5.59. The molecule has 1 aliphatic rings. The topological polar surface area (TPSA) is 83.4 Å². The molecular formula is C26H34NO4+. The molecule has 0 amide bonds. The predicted octanol–water partition coefficient (Wildman–Crippen LogP) is 4.19. The van der Waals surface area contributed by atoms with Crippen molar-refractivity contribution in [1.82, 2.24) is 0 Å². The summed E-state index contributed by atoms with van der Waals surface area (Å²) in [4.78, 5) is 12.7. The van der Waals surface area contributed by atoms with Gasteiger partial charge in [0.1, 0.15) is 17.1 Å². The lowest BCUT2D eigenvalue weighted by atomic mass is 10.00. The fraction of sp³-hybridized carbons (Fsp3) is 0.423. The molecule has 2 atom stereocenters. The number of carbonyl (C=O) groups is 1. The maximum atomic E-state index is 12.7. The molecule has 166 valence electrons. The Labute approximate surface area is 184 Å². The lowest BCUT2D eigenvalue weighted by molar-refractivity contribution is -0.690. The van der Waals surface area contributed by atoms with Gasteiger partial charge in [0.05, 0.1) is 18.7 Å². The number of benzene rings is 2. The molecule has 5 nitrogen and oxygen atoms in total. The molecule has 2 aromatic carbocycles. The third kappa shape index (κ3) is 7.14. The van der Waals surface area contributed by atoms with Crippen LogP contribution in [0.1, 0.15) is 66.9 Å². The number of esters is 1. The Balaban J connectivity index is 1.65. The van der Waals surface area contributed by atoms with Gasteiger partial charge < -0.3 is 20.3 Å². The number of phenols is 2. The van der Waals surface area contributed by atoms with E-state index in [2.05, 4.69) is 29.6 Å². The van der Waals surface area contributed by atoms with Gasteiger partial charge >= 0.3 is 5.97 Å². The van der Waals surface area contributed by atoms with Gasteiger partial charge in [-0.3, -0.25) is 0 Å². The van der Waals surface area contributed by atoms with Gasteiger partial charge in [-0.05, 0) is 62.6 Å². The minimum absolute atomic E-state index is 0.0732. The Morgan fingerprint density at radius 3 is 2.65 bits per heavy atom. The van der Waals surface area contributed by atoms with Crippen LogP contribution in [0, 0.1) is 0 Å². The first kappa shape index (κ1) is 22.9.